The van der Waals surface area contributed by atoms with Gasteiger partial charge < -0.3 is 15.2 Å². The molecular formula is C14H23NO4. The van der Waals surface area contributed by atoms with Gasteiger partial charge in [-0.2, -0.15) is 0 Å². The van der Waals surface area contributed by atoms with Gasteiger partial charge in [0.15, 0.2) is 0 Å². The molecule has 108 valence electrons. The van der Waals surface area contributed by atoms with Crippen molar-refractivity contribution in [3.05, 3.63) is 0 Å². The monoisotopic (exact) mass is 269 g/mol. The van der Waals surface area contributed by atoms with E-state index in [9.17, 15) is 14.7 Å². The highest BCUT2D eigenvalue weighted by atomic mass is 16.5. The Morgan fingerprint density at radius 1 is 1.37 bits per heavy atom. The molecule has 0 aromatic carbocycles. The molecular weight excluding hydrogens is 246 g/mol. The second kappa shape index (κ2) is 5.12. The van der Waals surface area contributed by atoms with E-state index in [4.69, 9.17) is 4.74 Å². The van der Waals surface area contributed by atoms with Crippen LogP contribution in [0.15, 0.2) is 0 Å². The Morgan fingerprint density at radius 2 is 2.05 bits per heavy atom. The maximum Gasteiger partial charge on any atom is 0.310 e. The minimum atomic E-state index is -0.832. The Bertz CT molecular complexity index is 374. The summed E-state index contributed by atoms with van der Waals surface area (Å²) in [5.41, 5.74) is -1.01. The molecule has 1 heterocycles. The molecule has 5 heteroatoms. The summed E-state index contributed by atoms with van der Waals surface area (Å²) in [5.74, 6) is -0.967. The van der Waals surface area contributed by atoms with Gasteiger partial charge in [0.1, 0.15) is 0 Å². The highest BCUT2D eigenvalue weighted by molar-refractivity contribution is 5.85. The van der Waals surface area contributed by atoms with Gasteiger partial charge in [0.2, 0.25) is 5.91 Å². The number of ether oxygens (including phenoxy) is 1. The van der Waals surface area contributed by atoms with Crippen LogP contribution in [0.1, 0.15) is 52.4 Å². The van der Waals surface area contributed by atoms with Gasteiger partial charge in [-0.25, -0.2) is 0 Å². The van der Waals surface area contributed by atoms with Crippen LogP contribution in [-0.2, 0) is 14.3 Å². The zero-order valence-corrected chi connectivity index (χ0v) is 11.7. The van der Waals surface area contributed by atoms with E-state index in [1.54, 1.807) is 0 Å². The smallest absolute Gasteiger partial charge is 0.310 e. The van der Waals surface area contributed by atoms with E-state index in [0.717, 1.165) is 19.3 Å². The molecule has 2 fully saturated rings. The van der Waals surface area contributed by atoms with Crippen molar-refractivity contribution in [3.8, 4) is 0 Å². The van der Waals surface area contributed by atoms with Gasteiger partial charge >= 0.3 is 5.97 Å². The van der Waals surface area contributed by atoms with Crippen molar-refractivity contribution in [1.82, 2.24) is 5.32 Å². The lowest BCUT2D eigenvalue weighted by Gasteiger charge is -2.39. The lowest BCUT2D eigenvalue weighted by molar-refractivity contribution is -0.158. The van der Waals surface area contributed by atoms with E-state index < -0.39 is 11.4 Å². The Labute approximate surface area is 113 Å². The quantitative estimate of drug-likeness (QED) is 0.814. The number of amides is 1. The molecule has 19 heavy (non-hydrogen) atoms. The molecule has 1 saturated carbocycles. The van der Waals surface area contributed by atoms with Crippen LogP contribution in [0.4, 0.5) is 0 Å². The van der Waals surface area contributed by atoms with Crippen molar-refractivity contribution < 1.29 is 19.4 Å². The Morgan fingerprint density at radius 3 is 2.53 bits per heavy atom. The summed E-state index contributed by atoms with van der Waals surface area (Å²) in [5, 5.41) is 12.2. The van der Waals surface area contributed by atoms with Gasteiger partial charge in [-0.15, -0.1) is 0 Å². The van der Waals surface area contributed by atoms with Crippen LogP contribution >= 0.6 is 0 Å². The van der Waals surface area contributed by atoms with Crippen LogP contribution < -0.4 is 5.32 Å². The van der Waals surface area contributed by atoms with Crippen molar-refractivity contribution in [1.29, 1.82) is 0 Å². The van der Waals surface area contributed by atoms with Gasteiger partial charge in [0, 0.05) is 19.1 Å². The van der Waals surface area contributed by atoms with E-state index in [-0.39, 0.29) is 24.0 Å². The fourth-order valence-corrected chi connectivity index (χ4v) is 3.01. The second-order valence-corrected chi connectivity index (χ2v) is 6.48. The topological polar surface area (TPSA) is 75.6 Å². The first kappa shape index (κ1) is 14.3. The third-order valence-corrected chi connectivity index (χ3v) is 4.33. The highest BCUT2D eigenvalue weighted by Crippen LogP contribution is 2.44. The minimum Gasteiger partial charge on any atom is -0.481 e. The normalized spacial score (nSPS) is 28.2. The molecule has 1 aliphatic carbocycles. The number of carboxylic acid groups (broad SMARTS) is 1. The minimum absolute atomic E-state index is 0.0992. The maximum absolute atomic E-state index is 12.0. The highest BCUT2D eigenvalue weighted by Gasteiger charge is 2.46. The molecule has 1 aliphatic heterocycles. The molecule has 2 N–H and O–H groups in total. The largest absolute Gasteiger partial charge is 0.481 e. The van der Waals surface area contributed by atoms with E-state index >= 15 is 0 Å². The number of carbonyl (C=O) groups is 2. The SMILES string of the molecule is CC1(C)CC(NC(=O)CC2(C(=O)O)CCC2)CCO1. The Balaban J connectivity index is 1.86. The summed E-state index contributed by atoms with van der Waals surface area (Å²) >= 11 is 0. The first-order valence-electron chi connectivity index (χ1n) is 7.00. The third-order valence-electron chi connectivity index (χ3n) is 4.33. The predicted octanol–water partition coefficient (Wildman–Crippen LogP) is 1.71. The standard InChI is InChI=1S/C14H23NO4/c1-13(2)8-10(4-7-19-13)15-11(16)9-14(12(17)18)5-3-6-14/h10H,3-9H2,1-2H3,(H,15,16)(H,17,18). The number of rotatable bonds is 4. The Hall–Kier alpha value is -1.10. The fourth-order valence-electron chi connectivity index (χ4n) is 3.01. The molecule has 2 aliphatic rings. The van der Waals surface area contributed by atoms with E-state index in [1.165, 1.54) is 0 Å². The van der Waals surface area contributed by atoms with Gasteiger partial charge in [-0.3, -0.25) is 9.59 Å². The van der Waals surface area contributed by atoms with E-state index in [1.807, 2.05) is 13.8 Å². The van der Waals surface area contributed by atoms with E-state index in [2.05, 4.69) is 5.32 Å². The molecule has 1 saturated heterocycles. The van der Waals surface area contributed by atoms with Crippen molar-refractivity contribution in [2.45, 2.75) is 64.0 Å². The molecule has 0 aromatic heterocycles. The van der Waals surface area contributed by atoms with Crippen LogP contribution in [0.25, 0.3) is 0 Å². The third kappa shape index (κ3) is 3.26. The number of carboxylic acids is 1. The molecule has 2 rings (SSSR count). The second-order valence-electron chi connectivity index (χ2n) is 6.48. The van der Waals surface area contributed by atoms with Gasteiger partial charge in [-0.05, 0) is 39.5 Å². The first-order chi connectivity index (χ1) is 8.83. The predicted molar refractivity (Wildman–Crippen MR) is 69.7 cm³/mol. The lowest BCUT2D eigenvalue weighted by atomic mass is 9.66. The molecule has 1 amide bonds. The van der Waals surface area contributed by atoms with Crippen LogP contribution in [0.5, 0.6) is 0 Å². The number of hydrogen-bond acceptors (Lipinski definition) is 3. The zero-order chi connectivity index (χ0) is 14.1. The van der Waals surface area contributed by atoms with Crippen molar-refractivity contribution in [2.24, 2.45) is 5.41 Å². The molecule has 0 aromatic rings. The van der Waals surface area contributed by atoms with Crippen molar-refractivity contribution in [3.63, 3.8) is 0 Å². The van der Waals surface area contributed by atoms with Gasteiger partial charge in [0.25, 0.3) is 0 Å². The van der Waals surface area contributed by atoms with Crippen LogP contribution in [0.3, 0.4) is 0 Å². The summed E-state index contributed by atoms with van der Waals surface area (Å²) in [6.07, 6.45) is 3.84. The summed E-state index contributed by atoms with van der Waals surface area (Å²) in [4.78, 5) is 23.3. The molecule has 1 atom stereocenters. The summed E-state index contributed by atoms with van der Waals surface area (Å²) in [6.45, 7) is 4.66. The molecule has 1 unspecified atom stereocenters. The summed E-state index contributed by atoms with van der Waals surface area (Å²) in [7, 11) is 0. The molecule has 0 spiro atoms. The van der Waals surface area contributed by atoms with Gasteiger partial charge in [-0.1, -0.05) is 6.42 Å². The number of hydrogen-bond donors (Lipinski definition) is 2. The van der Waals surface area contributed by atoms with Gasteiger partial charge in [0.05, 0.1) is 11.0 Å². The van der Waals surface area contributed by atoms with Crippen molar-refractivity contribution >= 4 is 11.9 Å². The number of nitrogens with one attached hydrogen (secondary N) is 1. The number of aliphatic carboxylic acids is 1. The maximum atomic E-state index is 12.0. The zero-order valence-electron chi connectivity index (χ0n) is 11.7. The van der Waals surface area contributed by atoms with Crippen LogP contribution in [-0.4, -0.2) is 35.2 Å². The Kier molecular flexibility index (Phi) is 3.85. The average Bonchev–Trinajstić information content (AvgIpc) is 2.21. The molecule has 0 bridgehead atoms. The molecule has 5 nitrogen and oxygen atoms in total. The van der Waals surface area contributed by atoms with Crippen LogP contribution in [0, 0.1) is 5.41 Å². The summed E-state index contributed by atoms with van der Waals surface area (Å²) < 4.78 is 5.60. The van der Waals surface area contributed by atoms with E-state index in [0.29, 0.717) is 19.4 Å². The first-order valence-corrected chi connectivity index (χ1v) is 7.00. The van der Waals surface area contributed by atoms with Crippen LogP contribution in [0.2, 0.25) is 0 Å². The van der Waals surface area contributed by atoms with Crippen molar-refractivity contribution in [2.75, 3.05) is 6.61 Å². The number of carbonyl (C=O) groups excluding carboxylic acids is 1. The molecule has 0 radical (unpaired) electrons. The average molecular weight is 269 g/mol. The summed E-state index contributed by atoms with van der Waals surface area (Å²) in [6, 6.07) is 0.0992. The fraction of sp³-hybridized carbons (Fsp3) is 0.857. The lowest BCUT2D eigenvalue weighted by Crippen LogP contribution is -2.48.